The number of aliphatic carboxylic acids is 1. The van der Waals surface area contributed by atoms with Crippen molar-refractivity contribution in [1.82, 2.24) is 20.9 Å². The van der Waals surface area contributed by atoms with Crippen LogP contribution in [0.15, 0.2) is 54.7 Å². The highest BCUT2D eigenvalue weighted by atomic mass is 16.4. The van der Waals surface area contributed by atoms with Gasteiger partial charge in [-0.3, -0.25) is 14.4 Å². The van der Waals surface area contributed by atoms with Crippen molar-refractivity contribution < 1.29 is 34.5 Å². The number of fused-ring (bicyclic) bond motifs is 1. The maximum Gasteiger partial charge on any atom is 0.328 e. The van der Waals surface area contributed by atoms with E-state index in [0.29, 0.717) is 24.9 Å². The van der Waals surface area contributed by atoms with Crippen molar-refractivity contribution in [3.8, 4) is 5.75 Å². The zero-order valence-corrected chi connectivity index (χ0v) is 24.0. The third-order valence-corrected chi connectivity index (χ3v) is 7.09. The monoisotopic (exact) mass is 596 g/mol. The number of carboxylic acids is 1. The van der Waals surface area contributed by atoms with Gasteiger partial charge in [0.2, 0.25) is 17.7 Å². The quantitative estimate of drug-likeness (QED) is 0.101. The van der Waals surface area contributed by atoms with Crippen LogP contribution in [0.25, 0.3) is 10.9 Å². The van der Waals surface area contributed by atoms with Crippen molar-refractivity contribution in [2.45, 2.75) is 69.3 Å². The summed E-state index contributed by atoms with van der Waals surface area (Å²) in [5.41, 5.74) is 14.2. The van der Waals surface area contributed by atoms with Gasteiger partial charge < -0.3 is 47.7 Å². The van der Waals surface area contributed by atoms with Gasteiger partial charge in [-0.2, -0.15) is 0 Å². The van der Waals surface area contributed by atoms with E-state index >= 15 is 0 Å². The molecule has 43 heavy (non-hydrogen) atoms. The Kier molecular flexibility index (Phi) is 12.0. The topological polar surface area (TPSA) is 233 Å². The molecular weight excluding hydrogens is 556 g/mol. The number of H-pyrrole nitrogens is 1. The van der Waals surface area contributed by atoms with Crippen LogP contribution in [-0.2, 0) is 32.0 Å². The van der Waals surface area contributed by atoms with Crippen LogP contribution in [0.5, 0.6) is 5.75 Å². The van der Waals surface area contributed by atoms with E-state index in [4.69, 9.17) is 11.5 Å². The van der Waals surface area contributed by atoms with Crippen LogP contribution >= 0.6 is 0 Å². The van der Waals surface area contributed by atoms with E-state index in [2.05, 4.69) is 20.9 Å². The number of phenolic OH excluding ortho intramolecular Hbond substituents is 1. The average molecular weight is 597 g/mol. The molecular formula is C30H40N6O7. The third kappa shape index (κ3) is 9.53. The predicted octanol–water partition coefficient (Wildman–Crippen LogP) is 0.0348. The lowest BCUT2D eigenvalue weighted by Crippen LogP contribution is -2.58. The van der Waals surface area contributed by atoms with Gasteiger partial charge in [0, 0.05) is 23.5 Å². The summed E-state index contributed by atoms with van der Waals surface area (Å²) in [7, 11) is 0. The number of benzene rings is 2. The molecule has 13 nitrogen and oxygen atoms in total. The maximum atomic E-state index is 13.6. The number of rotatable bonds is 16. The van der Waals surface area contributed by atoms with Gasteiger partial charge in [0.05, 0.1) is 12.1 Å². The number of para-hydroxylation sites is 1. The fourth-order valence-electron chi connectivity index (χ4n) is 4.66. The number of unbranched alkanes of at least 4 members (excludes halogenated alkanes) is 1. The van der Waals surface area contributed by atoms with Crippen molar-refractivity contribution in [2.75, 3.05) is 6.54 Å². The Labute approximate surface area is 249 Å². The summed E-state index contributed by atoms with van der Waals surface area (Å²) < 4.78 is 0. The van der Waals surface area contributed by atoms with Crippen LogP contribution in [0, 0.1) is 0 Å². The van der Waals surface area contributed by atoms with E-state index in [-0.39, 0.29) is 25.0 Å². The van der Waals surface area contributed by atoms with E-state index in [1.807, 2.05) is 24.3 Å². The molecule has 0 bridgehead atoms. The van der Waals surface area contributed by atoms with Crippen LogP contribution in [0.1, 0.15) is 37.3 Å². The molecule has 0 radical (unpaired) electrons. The standard InChI is InChI=1S/C30H40N6O7/c1-17(37)26(30(42)43)36-28(40)24(8-4-5-13-31)34-29(41)25(14-18-9-11-20(38)12-10-18)35-27(39)22(32)15-19-16-33-23-7-3-2-6-21(19)23/h2-3,6-7,9-12,16-17,22,24-26,33,37-38H,4-5,8,13-15,31-32H2,1H3,(H,34,41)(H,35,39)(H,36,40)(H,42,43). The largest absolute Gasteiger partial charge is 0.508 e. The third-order valence-electron chi connectivity index (χ3n) is 7.09. The minimum atomic E-state index is -1.59. The summed E-state index contributed by atoms with van der Waals surface area (Å²) in [6.07, 6.45) is 1.74. The lowest BCUT2D eigenvalue weighted by molar-refractivity contribution is -0.145. The number of aromatic hydroxyl groups is 1. The number of nitrogens with one attached hydrogen (secondary N) is 4. The molecule has 2 aromatic carbocycles. The fraction of sp³-hybridized carbons (Fsp3) is 0.400. The Morgan fingerprint density at radius 1 is 0.884 bits per heavy atom. The van der Waals surface area contributed by atoms with Crippen molar-refractivity contribution in [1.29, 1.82) is 0 Å². The highest BCUT2D eigenvalue weighted by Crippen LogP contribution is 2.19. The lowest BCUT2D eigenvalue weighted by atomic mass is 10.0. The molecule has 11 N–H and O–H groups in total. The zero-order chi connectivity index (χ0) is 31.5. The Balaban J connectivity index is 1.79. The molecule has 0 spiro atoms. The number of carbonyl (C=O) groups is 4. The van der Waals surface area contributed by atoms with Gasteiger partial charge in [0.15, 0.2) is 6.04 Å². The van der Waals surface area contributed by atoms with Crippen LogP contribution in [0.4, 0.5) is 0 Å². The number of phenols is 1. The second-order valence-corrected chi connectivity index (χ2v) is 10.5. The highest BCUT2D eigenvalue weighted by Gasteiger charge is 2.32. The fourth-order valence-corrected chi connectivity index (χ4v) is 4.66. The van der Waals surface area contributed by atoms with Gasteiger partial charge in [-0.05, 0) is 68.5 Å². The van der Waals surface area contributed by atoms with Crippen molar-refractivity contribution in [3.63, 3.8) is 0 Å². The average Bonchev–Trinajstić information content (AvgIpc) is 3.38. The summed E-state index contributed by atoms with van der Waals surface area (Å²) in [5, 5.41) is 37.4. The molecule has 5 unspecified atom stereocenters. The zero-order valence-electron chi connectivity index (χ0n) is 24.0. The number of aliphatic hydroxyl groups is 1. The normalized spacial score (nSPS) is 14.7. The predicted molar refractivity (Wildman–Crippen MR) is 160 cm³/mol. The van der Waals surface area contributed by atoms with Crippen LogP contribution in [-0.4, -0.2) is 80.8 Å². The van der Waals surface area contributed by atoms with E-state index in [9.17, 15) is 34.5 Å². The maximum absolute atomic E-state index is 13.6. The molecule has 1 aromatic heterocycles. The van der Waals surface area contributed by atoms with Gasteiger partial charge in [-0.25, -0.2) is 4.79 Å². The molecule has 0 aliphatic carbocycles. The Hall–Kier alpha value is -4.46. The van der Waals surface area contributed by atoms with Crippen molar-refractivity contribution >= 4 is 34.6 Å². The first-order valence-corrected chi connectivity index (χ1v) is 14.1. The minimum absolute atomic E-state index is 0.0141. The number of nitrogens with two attached hydrogens (primary N) is 2. The summed E-state index contributed by atoms with van der Waals surface area (Å²) in [5.74, 6) is -3.50. The molecule has 0 saturated heterocycles. The van der Waals surface area contributed by atoms with Gasteiger partial charge >= 0.3 is 5.97 Å². The number of aromatic nitrogens is 1. The van der Waals surface area contributed by atoms with Crippen LogP contribution in [0.3, 0.4) is 0 Å². The summed E-state index contributed by atoms with van der Waals surface area (Å²) in [6.45, 7) is 1.57. The molecule has 232 valence electrons. The molecule has 0 fully saturated rings. The number of aromatic amines is 1. The van der Waals surface area contributed by atoms with E-state index < -0.39 is 54.0 Å². The molecule has 1 heterocycles. The molecule has 0 aliphatic rings. The second kappa shape index (κ2) is 15.7. The first kappa shape index (κ1) is 33.0. The smallest absolute Gasteiger partial charge is 0.328 e. The van der Waals surface area contributed by atoms with Gasteiger partial charge in [-0.1, -0.05) is 30.3 Å². The molecule has 0 saturated carbocycles. The molecule has 13 heteroatoms. The Bertz CT molecular complexity index is 1390. The van der Waals surface area contributed by atoms with E-state index in [1.54, 1.807) is 18.3 Å². The summed E-state index contributed by atoms with van der Waals surface area (Å²) in [4.78, 5) is 54.5. The summed E-state index contributed by atoms with van der Waals surface area (Å²) >= 11 is 0. The number of hydrogen-bond donors (Lipinski definition) is 9. The van der Waals surface area contributed by atoms with Gasteiger partial charge in [0.25, 0.3) is 0 Å². The Morgan fingerprint density at radius 2 is 1.53 bits per heavy atom. The van der Waals surface area contributed by atoms with Crippen molar-refractivity contribution in [3.05, 3.63) is 65.9 Å². The molecule has 3 rings (SSSR count). The number of carbonyl (C=O) groups excluding carboxylic acids is 3. The van der Waals surface area contributed by atoms with Gasteiger partial charge in [0.1, 0.15) is 17.8 Å². The molecule has 3 aromatic rings. The number of hydrogen-bond acceptors (Lipinski definition) is 8. The number of carboxylic acid groups (broad SMARTS) is 1. The number of aliphatic hydroxyl groups excluding tert-OH is 1. The molecule has 0 aliphatic heterocycles. The van der Waals surface area contributed by atoms with E-state index in [1.165, 1.54) is 19.1 Å². The highest BCUT2D eigenvalue weighted by molar-refractivity contribution is 5.94. The summed E-state index contributed by atoms with van der Waals surface area (Å²) in [6, 6.07) is 8.75. The Morgan fingerprint density at radius 3 is 2.19 bits per heavy atom. The van der Waals surface area contributed by atoms with Crippen molar-refractivity contribution in [2.24, 2.45) is 11.5 Å². The first-order valence-electron chi connectivity index (χ1n) is 14.1. The van der Waals surface area contributed by atoms with Gasteiger partial charge in [-0.15, -0.1) is 0 Å². The van der Waals surface area contributed by atoms with Crippen LogP contribution in [0.2, 0.25) is 0 Å². The molecule has 5 atom stereocenters. The lowest BCUT2D eigenvalue weighted by Gasteiger charge is -2.26. The van der Waals surface area contributed by atoms with Crippen LogP contribution < -0.4 is 27.4 Å². The minimum Gasteiger partial charge on any atom is -0.508 e. The molecule has 3 amide bonds. The SMILES string of the molecule is CC(O)C(NC(=O)C(CCCCN)NC(=O)C(Cc1ccc(O)cc1)NC(=O)C(N)Cc1c[nH]c2ccccc12)C(=O)O. The van der Waals surface area contributed by atoms with E-state index in [0.717, 1.165) is 16.5 Å². The first-order chi connectivity index (χ1) is 20.5. The second-order valence-electron chi connectivity index (χ2n) is 10.5. The number of amides is 3.